The number of carboxylic acid groups (broad SMARTS) is 1. The first-order valence-electron chi connectivity index (χ1n) is 16.1. The first kappa shape index (κ1) is 33.0. The summed E-state index contributed by atoms with van der Waals surface area (Å²) in [6.07, 6.45) is 15.8. The molecule has 9 heteroatoms. The van der Waals surface area contributed by atoms with Crippen molar-refractivity contribution in [3.63, 3.8) is 0 Å². The number of amides is 2. The van der Waals surface area contributed by atoms with E-state index in [1.54, 1.807) is 13.8 Å². The molecular formula is C34H51N3O6. The minimum absolute atomic E-state index is 0.0821. The van der Waals surface area contributed by atoms with Crippen LogP contribution in [-0.4, -0.2) is 58.0 Å². The number of terminal acetylenes is 1. The SMILES string of the molecule is C#C[C@@]1(O)CC[C@H]2[C@@H]3CCC4=C/C(=N\OCC(=O)N[C@H](C(=O)N[C@H](CC(C)C)C(=O)O)C(C)C)CC[C@]4(C)[C@H]3CC[C@@]21C. The molecule has 9 nitrogen and oxygen atoms in total. The van der Waals surface area contributed by atoms with Gasteiger partial charge in [0, 0.05) is 5.41 Å². The van der Waals surface area contributed by atoms with Gasteiger partial charge >= 0.3 is 5.97 Å². The van der Waals surface area contributed by atoms with E-state index in [0.29, 0.717) is 30.6 Å². The number of carbonyl (C=O) groups excluding carboxylic acids is 2. The maximum atomic E-state index is 12.8. The van der Waals surface area contributed by atoms with Gasteiger partial charge in [0.15, 0.2) is 6.61 Å². The van der Waals surface area contributed by atoms with Crippen molar-refractivity contribution in [1.29, 1.82) is 0 Å². The number of hydrogen-bond donors (Lipinski definition) is 4. The molecule has 8 atom stereocenters. The summed E-state index contributed by atoms with van der Waals surface area (Å²) in [4.78, 5) is 42.6. The summed E-state index contributed by atoms with van der Waals surface area (Å²) in [5.74, 6) is 2.04. The van der Waals surface area contributed by atoms with Crippen LogP contribution in [0.4, 0.5) is 0 Å². The van der Waals surface area contributed by atoms with Crippen LogP contribution in [0.25, 0.3) is 0 Å². The van der Waals surface area contributed by atoms with E-state index in [9.17, 15) is 24.6 Å². The molecule has 3 saturated carbocycles. The second kappa shape index (κ2) is 12.6. The van der Waals surface area contributed by atoms with Gasteiger partial charge in [-0.25, -0.2) is 4.79 Å². The lowest BCUT2D eigenvalue weighted by atomic mass is 9.46. The predicted molar refractivity (Wildman–Crippen MR) is 165 cm³/mol. The van der Waals surface area contributed by atoms with E-state index in [2.05, 4.69) is 41.6 Å². The predicted octanol–water partition coefficient (Wildman–Crippen LogP) is 4.44. The van der Waals surface area contributed by atoms with Crippen molar-refractivity contribution in [3.05, 3.63) is 11.6 Å². The third-order valence-corrected chi connectivity index (χ3v) is 11.3. The van der Waals surface area contributed by atoms with Gasteiger partial charge in [0.25, 0.3) is 5.91 Å². The zero-order valence-electron chi connectivity index (χ0n) is 26.7. The Kier molecular flexibility index (Phi) is 9.71. The Bertz CT molecular complexity index is 1200. The maximum absolute atomic E-state index is 12.8. The Hall–Kier alpha value is -2.86. The summed E-state index contributed by atoms with van der Waals surface area (Å²) >= 11 is 0. The summed E-state index contributed by atoms with van der Waals surface area (Å²) in [7, 11) is 0. The van der Waals surface area contributed by atoms with E-state index in [0.717, 1.165) is 50.7 Å². The van der Waals surface area contributed by atoms with Crippen LogP contribution in [-0.2, 0) is 19.2 Å². The normalized spacial score (nSPS) is 35.6. The lowest BCUT2D eigenvalue weighted by Gasteiger charge is -2.58. The maximum Gasteiger partial charge on any atom is 0.326 e. The minimum Gasteiger partial charge on any atom is -0.480 e. The van der Waals surface area contributed by atoms with Gasteiger partial charge in [-0.05, 0) is 98.9 Å². The number of carbonyl (C=O) groups is 3. The first-order chi connectivity index (χ1) is 20.1. The summed E-state index contributed by atoms with van der Waals surface area (Å²) < 4.78 is 0. The molecule has 4 aliphatic rings. The van der Waals surface area contributed by atoms with E-state index in [-0.39, 0.29) is 29.3 Å². The molecule has 2 amide bonds. The van der Waals surface area contributed by atoms with E-state index in [1.807, 2.05) is 13.8 Å². The van der Waals surface area contributed by atoms with Crippen molar-refractivity contribution in [2.75, 3.05) is 6.61 Å². The first-order valence-corrected chi connectivity index (χ1v) is 16.1. The van der Waals surface area contributed by atoms with E-state index >= 15 is 0 Å². The number of nitrogens with one attached hydrogen (secondary N) is 2. The Labute approximate surface area is 256 Å². The van der Waals surface area contributed by atoms with Crippen LogP contribution in [0.5, 0.6) is 0 Å². The summed E-state index contributed by atoms with van der Waals surface area (Å²) in [6.45, 7) is 11.6. The van der Waals surface area contributed by atoms with Gasteiger partial charge in [0.05, 0.1) is 5.71 Å². The quantitative estimate of drug-likeness (QED) is 0.217. The summed E-state index contributed by atoms with van der Waals surface area (Å²) in [6, 6.07) is -1.91. The molecule has 238 valence electrons. The average molecular weight is 598 g/mol. The molecule has 4 aliphatic carbocycles. The largest absolute Gasteiger partial charge is 0.480 e. The molecular weight excluding hydrogens is 546 g/mol. The fourth-order valence-corrected chi connectivity index (χ4v) is 8.77. The molecule has 4 N–H and O–H groups in total. The van der Waals surface area contributed by atoms with Crippen LogP contribution >= 0.6 is 0 Å². The smallest absolute Gasteiger partial charge is 0.326 e. The molecule has 0 aliphatic heterocycles. The van der Waals surface area contributed by atoms with Gasteiger partial charge in [0.2, 0.25) is 5.91 Å². The van der Waals surface area contributed by atoms with Crippen molar-refractivity contribution in [3.8, 4) is 12.3 Å². The summed E-state index contributed by atoms with van der Waals surface area (Å²) in [5.41, 5.74) is 1.09. The van der Waals surface area contributed by atoms with Gasteiger partial charge < -0.3 is 25.7 Å². The van der Waals surface area contributed by atoms with Crippen LogP contribution in [0.15, 0.2) is 16.8 Å². The monoisotopic (exact) mass is 597 g/mol. The Balaban J connectivity index is 1.35. The van der Waals surface area contributed by atoms with Gasteiger partial charge in [-0.1, -0.05) is 58.2 Å². The number of oxime groups is 1. The molecule has 0 aromatic carbocycles. The minimum atomic E-state index is -1.10. The van der Waals surface area contributed by atoms with E-state index in [1.165, 1.54) is 5.57 Å². The number of carboxylic acids is 1. The highest BCUT2D eigenvalue weighted by atomic mass is 16.6. The van der Waals surface area contributed by atoms with Crippen LogP contribution in [0.1, 0.15) is 99.3 Å². The highest BCUT2D eigenvalue weighted by molar-refractivity contribution is 5.96. The molecule has 0 radical (unpaired) electrons. The number of aliphatic carboxylic acids is 1. The molecule has 3 fully saturated rings. The van der Waals surface area contributed by atoms with Crippen LogP contribution in [0, 0.1) is 52.8 Å². The molecule has 0 aromatic rings. The molecule has 0 unspecified atom stereocenters. The number of nitrogens with zero attached hydrogens (tertiary/aromatic N) is 1. The van der Waals surface area contributed by atoms with Gasteiger partial charge in [0.1, 0.15) is 17.7 Å². The number of aliphatic hydroxyl groups is 1. The van der Waals surface area contributed by atoms with E-state index in [4.69, 9.17) is 11.3 Å². The van der Waals surface area contributed by atoms with Crippen molar-refractivity contribution in [2.24, 2.45) is 45.6 Å². The lowest BCUT2D eigenvalue weighted by molar-refractivity contribution is -0.143. The van der Waals surface area contributed by atoms with Crippen molar-refractivity contribution in [1.82, 2.24) is 10.6 Å². The number of allylic oxidation sites excluding steroid dienone is 2. The van der Waals surface area contributed by atoms with Crippen molar-refractivity contribution >= 4 is 23.5 Å². The molecule has 0 aromatic heterocycles. The van der Waals surface area contributed by atoms with Gasteiger partial charge in [-0.2, -0.15) is 0 Å². The van der Waals surface area contributed by atoms with E-state index < -0.39 is 35.5 Å². The highest BCUT2D eigenvalue weighted by Crippen LogP contribution is 2.67. The number of hydrogen-bond acceptors (Lipinski definition) is 6. The highest BCUT2D eigenvalue weighted by Gasteiger charge is 2.63. The Morgan fingerprint density at radius 2 is 1.77 bits per heavy atom. The number of rotatable bonds is 10. The second-order valence-corrected chi connectivity index (χ2v) is 14.7. The lowest BCUT2D eigenvalue weighted by Crippen LogP contribution is -2.54. The Morgan fingerprint density at radius 1 is 1.07 bits per heavy atom. The van der Waals surface area contributed by atoms with Crippen molar-refractivity contribution < 1.29 is 29.4 Å². The second-order valence-electron chi connectivity index (χ2n) is 14.7. The standard InChI is InChI=1S/C34H51N3O6/c1-8-34(42)16-13-26-24-10-9-22-18-23(11-14-32(22,6)25(24)12-15-33(26,34)7)37-43-19-28(38)36-29(21(4)5)30(39)35-27(31(40)41)17-20(2)3/h1,18,20-21,24-27,29,42H,9-17,19H2,2-7H3,(H,35,39)(H,36,38)(H,40,41)/b37-23-/t24-,25+,26+,27-,29+,32+,33+,34-/m1/s1. The molecule has 0 spiro atoms. The van der Waals surface area contributed by atoms with Crippen LogP contribution in [0.3, 0.4) is 0 Å². The molecule has 4 rings (SSSR count). The van der Waals surface area contributed by atoms with Crippen LogP contribution < -0.4 is 10.6 Å². The zero-order valence-corrected chi connectivity index (χ0v) is 26.7. The van der Waals surface area contributed by atoms with Crippen molar-refractivity contribution in [2.45, 2.75) is 117 Å². The average Bonchev–Trinajstić information content (AvgIpc) is 3.21. The zero-order chi connectivity index (χ0) is 31.7. The Morgan fingerprint density at radius 3 is 2.40 bits per heavy atom. The van der Waals surface area contributed by atoms with Gasteiger partial charge in [-0.15, -0.1) is 6.42 Å². The van der Waals surface area contributed by atoms with Crippen LogP contribution in [0.2, 0.25) is 0 Å². The molecule has 0 heterocycles. The fraction of sp³-hybridized carbons (Fsp3) is 0.765. The third-order valence-electron chi connectivity index (χ3n) is 11.3. The topological polar surface area (TPSA) is 137 Å². The third kappa shape index (κ3) is 6.36. The van der Waals surface area contributed by atoms with Gasteiger partial charge in [-0.3, -0.25) is 9.59 Å². The molecule has 43 heavy (non-hydrogen) atoms. The summed E-state index contributed by atoms with van der Waals surface area (Å²) in [5, 5.41) is 30.2. The fourth-order valence-electron chi connectivity index (χ4n) is 8.77. The molecule has 0 bridgehead atoms. The molecule has 0 saturated heterocycles. The number of fused-ring (bicyclic) bond motifs is 5.